The summed E-state index contributed by atoms with van der Waals surface area (Å²) in [6.45, 7) is 3.74. The van der Waals surface area contributed by atoms with Crippen LogP contribution in [0.5, 0.6) is 0 Å². The van der Waals surface area contributed by atoms with Gasteiger partial charge in [0, 0.05) is 19.2 Å². The minimum absolute atomic E-state index is 0.166. The molecule has 2 amide bonds. The number of hydrogen-bond donors (Lipinski definition) is 0. The number of Topliss-reactive ketones (excluding diaryl/α,β-unsaturated/α-hetero) is 1. The third-order valence-corrected chi connectivity index (χ3v) is 5.27. The van der Waals surface area contributed by atoms with Gasteiger partial charge >= 0.3 is 18.4 Å². The van der Waals surface area contributed by atoms with Crippen molar-refractivity contribution in [2.45, 2.75) is 45.1 Å². The molecule has 0 saturated carbocycles. The molecule has 1 aliphatic rings. The minimum atomic E-state index is -4.61. The van der Waals surface area contributed by atoms with E-state index >= 15 is 0 Å². The van der Waals surface area contributed by atoms with E-state index in [1.54, 1.807) is 0 Å². The number of pyridine rings is 2. The summed E-state index contributed by atoms with van der Waals surface area (Å²) in [6, 6.07) is 2.95. The molecule has 0 radical (unpaired) electrons. The number of aromatic nitrogens is 2. The minimum Gasteiger partial charge on any atom is -0.312 e. The predicted octanol–water partition coefficient (Wildman–Crippen LogP) is 4.98. The first-order chi connectivity index (χ1) is 15.8. The van der Waals surface area contributed by atoms with Gasteiger partial charge in [0.1, 0.15) is 11.4 Å². The van der Waals surface area contributed by atoms with Crippen LogP contribution < -0.4 is 4.90 Å². The summed E-state index contributed by atoms with van der Waals surface area (Å²) in [6.07, 6.45) is -6.94. The number of rotatable bonds is 7. The first-order valence-electron chi connectivity index (χ1n) is 10.4. The third-order valence-electron chi connectivity index (χ3n) is 5.27. The summed E-state index contributed by atoms with van der Waals surface area (Å²) >= 11 is 0. The third kappa shape index (κ3) is 6.03. The fourth-order valence-corrected chi connectivity index (χ4v) is 3.74. The monoisotopic (exact) mass is 488 g/mol. The Hall–Kier alpha value is -3.18. The number of hydrogen-bond acceptors (Lipinski definition) is 4. The zero-order valence-electron chi connectivity index (χ0n) is 18.3. The van der Waals surface area contributed by atoms with Crippen LogP contribution in [0.1, 0.15) is 37.2 Å². The van der Waals surface area contributed by atoms with Gasteiger partial charge in [-0.15, -0.1) is 0 Å². The number of carbonyl (C=O) groups excluding carboxylic acids is 2. The van der Waals surface area contributed by atoms with E-state index in [1.807, 2.05) is 13.8 Å². The Morgan fingerprint density at radius 1 is 1.00 bits per heavy atom. The van der Waals surface area contributed by atoms with Crippen LogP contribution in [0.2, 0.25) is 0 Å². The van der Waals surface area contributed by atoms with E-state index in [1.165, 1.54) is 9.80 Å². The Balaban J connectivity index is 1.73. The highest BCUT2D eigenvalue weighted by molar-refractivity contribution is 5.97. The van der Waals surface area contributed by atoms with Gasteiger partial charge in [-0.2, -0.15) is 26.3 Å². The lowest BCUT2D eigenvalue weighted by molar-refractivity contribution is -0.142. The molecule has 0 unspecified atom stereocenters. The molecule has 2 aromatic rings. The Bertz CT molecular complexity index is 1020. The Kier molecular flexibility index (Phi) is 7.18. The highest BCUT2D eigenvalue weighted by atomic mass is 19.4. The average molecular weight is 488 g/mol. The van der Waals surface area contributed by atoms with Crippen molar-refractivity contribution in [3.63, 3.8) is 0 Å². The molecule has 0 N–H and O–H groups in total. The molecule has 2 aromatic heterocycles. The molecule has 0 spiro atoms. The van der Waals surface area contributed by atoms with Crippen LogP contribution in [0.15, 0.2) is 36.7 Å². The number of anilines is 1. The maximum Gasteiger partial charge on any atom is 0.433 e. The van der Waals surface area contributed by atoms with Crippen LogP contribution in [0.25, 0.3) is 0 Å². The van der Waals surface area contributed by atoms with Crippen LogP contribution in [0.3, 0.4) is 0 Å². The van der Waals surface area contributed by atoms with Crippen molar-refractivity contribution >= 4 is 17.5 Å². The zero-order valence-corrected chi connectivity index (χ0v) is 18.3. The molecule has 184 valence electrons. The number of nitrogens with zero attached hydrogens (tertiary/aromatic N) is 4. The second-order valence-corrected chi connectivity index (χ2v) is 8.47. The van der Waals surface area contributed by atoms with E-state index in [0.29, 0.717) is 6.42 Å². The molecule has 0 aromatic carbocycles. The fraction of sp³-hybridized carbons (Fsp3) is 0.455. The molecule has 1 aliphatic heterocycles. The number of halogens is 6. The molecule has 12 heteroatoms. The lowest BCUT2D eigenvalue weighted by Gasteiger charge is -2.23. The SMILES string of the molecule is CC(C)C[C@H]1CN(c2ccc(C(F)(F)F)nc2)C(=O)N1CC(=O)Cc1ccc(C(F)(F)F)nc1. The van der Waals surface area contributed by atoms with E-state index in [-0.39, 0.29) is 42.7 Å². The quantitative estimate of drug-likeness (QED) is 0.516. The summed E-state index contributed by atoms with van der Waals surface area (Å²) < 4.78 is 76.4. The molecule has 0 bridgehead atoms. The number of amides is 2. The van der Waals surface area contributed by atoms with Crippen molar-refractivity contribution in [2.75, 3.05) is 18.0 Å². The molecule has 3 heterocycles. The molecular weight excluding hydrogens is 466 g/mol. The van der Waals surface area contributed by atoms with Gasteiger partial charge in [-0.25, -0.2) is 9.78 Å². The Morgan fingerprint density at radius 3 is 2.06 bits per heavy atom. The lowest BCUT2D eigenvalue weighted by Crippen LogP contribution is -2.40. The van der Waals surface area contributed by atoms with Crippen LogP contribution in [0.4, 0.5) is 36.8 Å². The molecule has 0 aliphatic carbocycles. The summed E-state index contributed by atoms with van der Waals surface area (Å²) in [4.78, 5) is 35.0. The number of urea groups is 1. The standard InChI is InChI=1S/C22H22F6N4O2/c1-13(2)7-16-11-31(15-4-6-19(30-10-15)22(26,27)28)20(34)32(16)12-17(33)8-14-3-5-18(29-9-14)21(23,24)25/h3-6,9-10,13,16H,7-8,11-12H2,1-2H3/t16-/m0/s1. The highest BCUT2D eigenvalue weighted by Crippen LogP contribution is 2.31. The van der Waals surface area contributed by atoms with Gasteiger partial charge in [0.25, 0.3) is 0 Å². The van der Waals surface area contributed by atoms with Crippen LogP contribution in [-0.2, 0) is 23.6 Å². The van der Waals surface area contributed by atoms with Crippen LogP contribution in [-0.4, -0.2) is 45.8 Å². The molecular formula is C22H22F6N4O2. The van der Waals surface area contributed by atoms with Gasteiger partial charge in [-0.3, -0.25) is 14.7 Å². The average Bonchev–Trinajstić information content (AvgIpc) is 3.02. The smallest absolute Gasteiger partial charge is 0.312 e. The van der Waals surface area contributed by atoms with Crippen molar-refractivity contribution in [3.05, 3.63) is 53.6 Å². The lowest BCUT2D eigenvalue weighted by atomic mass is 10.0. The first kappa shape index (κ1) is 25.4. The summed E-state index contributed by atoms with van der Waals surface area (Å²) in [5, 5.41) is 0. The zero-order chi connectivity index (χ0) is 25.3. The Morgan fingerprint density at radius 2 is 1.59 bits per heavy atom. The van der Waals surface area contributed by atoms with Crippen molar-refractivity contribution in [1.29, 1.82) is 0 Å². The maximum atomic E-state index is 13.0. The van der Waals surface area contributed by atoms with Gasteiger partial charge in [0.05, 0.1) is 24.5 Å². The Labute approximate surface area is 191 Å². The predicted molar refractivity (Wildman–Crippen MR) is 110 cm³/mol. The van der Waals surface area contributed by atoms with E-state index < -0.39 is 35.6 Å². The molecule has 1 saturated heterocycles. The van der Waals surface area contributed by atoms with Crippen molar-refractivity contribution in [2.24, 2.45) is 5.92 Å². The van der Waals surface area contributed by atoms with Crippen molar-refractivity contribution < 1.29 is 35.9 Å². The maximum absolute atomic E-state index is 13.0. The summed E-state index contributed by atoms with van der Waals surface area (Å²) in [5.41, 5.74) is -1.71. The molecule has 1 atom stereocenters. The summed E-state index contributed by atoms with van der Waals surface area (Å²) in [7, 11) is 0. The van der Waals surface area contributed by atoms with E-state index in [0.717, 1.165) is 36.7 Å². The second-order valence-electron chi connectivity index (χ2n) is 8.47. The van der Waals surface area contributed by atoms with Crippen molar-refractivity contribution in [3.8, 4) is 0 Å². The molecule has 3 rings (SSSR count). The second kappa shape index (κ2) is 9.59. The molecule has 6 nitrogen and oxygen atoms in total. The fourth-order valence-electron chi connectivity index (χ4n) is 3.74. The van der Waals surface area contributed by atoms with E-state index in [4.69, 9.17) is 0 Å². The number of carbonyl (C=O) groups is 2. The van der Waals surface area contributed by atoms with E-state index in [9.17, 15) is 35.9 Å². The van der Waals surface area contributed by atoms with Gasteiger partial charge in [0.2, 0.25) is 0 Å². The van der Waals surface area contributed by atoms with Crippen LogP contribution in [0, 0.1) is 5.92 Å². The topological polar surface area (TPSA) is 66.4 Å². The van der Waals surface area contributed by atoms with E-state index in [2.05, 4.69) is 9.97 Å². The highest BCUT2D eigenvalue weighted by Gasteiger charge is 2.40. The molecule has 34 heavy (non-hydrogen) atoms. The van der Waals surface area contributed by atoms with Crippen molar-refractivity contribution in [1.82, 2.24) is 14.9 Å². The number of ketones is 1. The summed E-state index contributed by atoms with van der Waals surface area (Å²) in [5.74, 6) is -0.240. The largest absolute Gasteiger partial charge is 0.433 e. The number of alkyl halides is 6. The van der Waals surface area contributed by atoms with Gasteiger partial charge in [-0.1, -0.05) is 19.9 Å². The normalized spacial score (nSPS) is 17.1. The van der Waals surface area contributed by atoms with Crippen LogP contribution >= 0.6 is 0 Å². The van der Waals surface area contributed by atoms with Gasteiger partial charge in [0.15, 0.2) is 5.78 Å². The van der Waals surface area contributed by atoms with Gasteiger partial charge < -0.3 is 4.90 Å². The van der Waals surface area contributed by atoms with Gasteiger partial charge in [-0.05, 0) is 36.1 Å². The first-order valence-corrected chi connectivity index (χ1v) is 10.4. The molecule has 1 fully saturated rings.